The van der Waals surface area contributed by atoms with Crippen LogP contribution in [0, 0.1) is 0 Å². The molecule has 1 rings (SSSR count). The van der Waals surface area contributed by atoms with Crippen molar-refractivity contribution in [3.8, 4) is 11.5 Å². The number of benzene rings is 1. The lowest BCUT2D eigenvalue weighted by Crippen LogP contribution is -2.32. The lowest BCUT2D eigenvalue weighted by Gasteiger charge is -2.13. The highest BCUT2D eigenvalue weighted by molar-refractivity contribution is 6.32. The summed E-state index contributed by atoms with van der Waals surface area (Å²) in [6.07, 6.45) is 5.03. The van der Waals surface area contributed by atoms with E-state index in [1.807, 2.05) is 13.8 Å². The van der Waals surface area contributed by atoms with Crippen molar-refractivity contribution in [2.75, 3.05) is 14.2 Å². The zero-order chi connectivity index (χ0) is 15.8. The normalized spacial score (nSPS) is 11.0. The molecule has 1 aromatic rings. The first-order chi connectivity index (χ1) is 10.0. The molecule has 0 fully saturated rings. The van der Waals surface area contributed by atoms with E-state index in [2.05, 4.69) is 5.32 Å². The van der Waals surface area contributed by atoms with Crippen LogP contribution in [0.1, 0.15) is 32.3 Å². The Morgan fingerprint density at radius 1 is 1.29 bits per heavy atom. The third-order valence-electron chi connectivity index (χ3n) is 3.22. The van der Waals surface area contributed by atoms with Crippen molar-refractivity contribution in [1.82, 2.24) is 5.32 Å². The van der Waals surface area contributed by atoms with E-state index in [1.54, 1.807) is 25.3 Å². The summed E-state index contributed by atoms with van der Waals surface area (Å²) in [7, 11) is 3.07. The van der Waals surface area contributed by atoms with Gasteiger partial charge in [-0.1, -0.05) is 25.4 Å². The molecule has 0 spiro atoms. The number of nitrogens with one attached hydrogen (secondary N) is 1. The molecule has 0 heterocycles. The molecular weight excluding hydrogens is 290 g/mol. The van der Waals surface area contributed by atoms with Crippen molar-refractivity contribution >= 4 is 23.6 Å². The summed E-state index contributed by atoms with van der Waals surface area (Å²) < 4.78 is 10.4. The van der Waals surface area contributed by atoms with E-state index >= 15 is 0 Å². The second-order valence-electron chi connectivity index (χ2n) is 4.59. The van der Waals surface area contributed by atoms with Crippen molar-refractivity contribution in [3.63, 3.8) is 0 Å². The van der Waals surface area contributed by atoms with Gasteiger partial charge >= 0.3 is 0 Å². The Morgan fingerprint density at radius 2 is 1.95 bits per heavy atom. The zero-order valence-corrected chi connectivity index (χ0v) is 13.7. The number of carbonyl (C=O) groups excluding carboxylic acids is 1. The van der Waals surface area contributed by atoms with Gasteiger partial charge in [-0.05, 0) is 36.6 Å². The second kappa shape index (κ2) is 8.57. The predicted molar refractivity (Wildman–Crippen MR) is 86.1 cm³/mol. The maximum absolute atomic E-state index is 11.8. The first-order valence-electron chi connectivity index (χ1n) is 6.95. The highest BCUT2D eigenvalue weighted by atomic mass is 35.5. The summed E-state index contributed by atoms with van der Waals surface area (Å²) in [6.45, 7) is 4.10. The smallest absolute Gasteiger partial charge is 0.244 e. The first kappa shape index (κ1) is 17.4. The van der Waals surface area contributed by atoms with Crippen LogP contribution in [-0.4, -0.2) is 26.2 Å². The van der Waals surface area contributed by atoms with Crippen LogP contribution in [0.5, 0.6) is 11.5 Å². The summed E-state index contributed by atoms with van der Waals surface area (Å²) in [4.78, 5) is 11.8. The average Bonchev–Trinajstić information content (AvgIpc) is 2.49. The molecule has 21 heavy (non-hydrogen) atoms. The van der Waals surface area contributed by atoms with E-state index in [0.29, 0.717) is 16.5 Å². The van der Waals surface area contributed by atoms with Gasteiger partial charge in [0.25, 0.3) is 0 Å². The van der Waals surface area contributed by atoms with Gasteiger partial charge in [0.1, 0.15) is 0 Å². The fourth-order valence-electron chi connectivity index (χ4n) is 1.95. The van der Waals surface area contributed by atoms with Gasteiger partial charge < -0.3 is 14.8 Å². The summed E-state index contributed by atoms with van der Waals surface area (Å²) in [5, 5.41) is 3.38. The Bertz CT molecular complexity index is 510. The van der Waals surface area contributed by atoms with Crippen LogP contribution < -0.4 is 14.8 Å². The molecule has 0 radical (unpaired) electrons. The van der Waals surface area contributed by atoms with Gasteiger partial charge in [-0.3, -0.25) is 4.79 Å². The Hall–Kier alpha value is -1.68. The molecule has 0 aromatic heterocycles. The Balaban J connectivity index is 2.85. The first-order valence-corrected chi connectivity index (χ1v) is 7.33. The number of hydrogen-bond donors (Lipinski definition) is 1. The monoisotopic (exact) mass is 311 g/mol. The minimum atomic E-state index is -0.116. The Morgan fingerprint density at radius 3 is 2.48 bits per heavy atom. The van der Waals surface area contributed by atoms with E-state index in [0.717, 1.165) is 18.4 Å². The number of rotatable bonds is 7. The maximum Gasteiger partial charge on any atom is 0.244 e. The lowest BCUT2D eigenvalue weighted by atomic mass is 10.1. The number of ether oxygens (including phenoxy) is 2. The summed E-state index contributed by atoms with van der Waals surface area (Å²) in [5.74, 6) is 0.900. The van der Waals surface area contributed by atoms with E-state index in [4.69, 9.17) is 21.1 Å². The van der Waals surface area contributed by atoms with Crippen molar-refractivity contribution in [2.45, 2.75) is 32.7 Å². The molecule has 0 atom stereocenters. The van der Waals surface area contributed by atoms with Gasteiger partial charge in [0, 0.05) is 12.1 Å². The molecule has 0 unspecified atom stereocenters. The predicted octanol–water partition coefficient (Wildman–Crippen LogP) is 3.68. The number of hydrogen-bond acceptors (Lipinski definition) is 3. The van der Waals surface area contributed by atoms with E-state index in [1.165, 1.54) is 13.2 Å². The molecule has 4 nitrogen and oxygen atoms in total. The lowest BCUT2D eigenvalue weighted by molar-refractivity contribution is -0.117. The third-order valence-corrected chi connectivity index (χ3v) is 3.50. The Labute approximate surface area is 131 Å². The van der Waals surface area contributed by atoms with Crippen molar-refractivity contribution in [2.24, 2.45) is 0 Å². The van der Waals surface area contributed by atoms with E-state index in [9.17, 15) is 4.79 Å². The largest absolute Gasteiger partial charge is 0.493 e. The molecule has 1 N–H and O–H groups in total. The molecule has 0 aliphatic heterocycles. The van der Waals surface area contributed by atoms with Crippen LogP contribution in [0.25, 0.3) is 6.08 Å². The maximum atomic E-state index is 11.8. The van der Waals surface area contributed by atoms with Gasteiger partial charge in [-0.15, -0.1) is 0 Å². The van der Waals surface area contributed by atoms with Crippen LogP contribution >= 0.6 is 11.6 Å². The molecule has 1 amide bonds. The molecular formula is C16H22ClNO3. The molecule has 116 valence electrons. The van der Waals surface area contributed by atoms with Crippen LogP contribution in [0.4, 0.5) is 0 Å². The summed E-state index contributed by atoms with van der Waals surface area (Å²) in [6, 6.07) is 3.70. The van der Waals surface area contributed by atoms with Crippen LogP contribution in [0.3, 0.4) is 0 Å². The molecule has 0 aliphatic rings. The minimum absolute atomic E-state index is 0.116. The highest BCUT2D eigenvalue weighted by Gasteiger charge is 2.10. The quantitative estimate of drug-likeness (QED) is 0.781. The zero-order valence-electron chi connectivity index (χ0n) is 12.9. The van der Waals surface area contributed by atoms with Crippen LogP contribution in [0.15, 0.2) is 18.2 Å². The molecule has 0 bridgehead atoms. The number of methoxy groups -OCH3 is 2. The van der Waals surface area contributed by atoms with Gasteiger partial charge in [0.05, 0.1) is 19.2 Å². The average molecular weight is 312 g/mol. The van der Waals surface area contributed by atoms with Crippen molar-refractivity contribution in [3.05, 3.63) is 28.8 Å². The highest BCUT2D eigenvalue weighted by Crippen LogP contribution is 2.36. The van der Waals surface area contributed by atoms with Crippen LogP contribution in [-0.2, 0) is 4.79 Å². The van der Waals surface area contributed by atoms with Crippen LogP contribution in [0.2, 0.25) is 5.02 Å². The molecule has 0 aliphatic carbocycles. The molecule has 1 aromatic carbocycles. The number of amides is 1. The van der Waals surface area contributed by atoms with Gasteiger partial charge in [0.15, 0.2) is 11.5 Å². The number of halogens is 1. The second-order valence-corrected chi connectivity index (χ2v) is 5.00. The summed E-state index contributed by atoms with van der Waals surface area (Å²) in [5.41, 5.74) is 0.775. The van der Waals surface area contributed by atoms with Crippen molar-refractivity contribution in [1.29, 1.82) is 0 Å². The Kier molecular flexibility index (Phi) is 7.09. The fourth-order valence-corrected chi connectivity index (χ4v) is 2.24. The fraction of sp³-hybridized carbons (Fsp3) is 0.438. The van der Waals surface area contributed by atoms with Gasteiger partial charge in [0.2, 0.25) is 5.91 Å². The number of carbonyl (C=O) groups is 1. The van der Waals surface area contributed by atoms with Crippen molar-refractivity contribution < 1.29 is 14.3 Å². The summed E-state index contributed by atoms with van der Waals surface area (Å²) >= 11 is 6.12. The standard InChI is InChI=1S/C16H22ClNO3/c1-5-12(6-2)18-15(19)8-7-11-9-13(17)16(21-4)14(10-11)20-3/h7-10,12H,5-6H2,1-4H3,(H,18,19). The van der Waals surface area contributed by atoms with E-state index < -0.39 is 0 Å². The molecule has 5 heteroatoms. The van der Waals surface area contributed by atoms with E-state index in [-0.39, 0.29) is 11.9 Å². The van der Waals surface area contributed by atoms with Gasteiger partial charge in [-0.25, -0.2) is 0 Å². The van der Waals surface area contributed by atoms with Gasteiger partial charge in [-0.2, -0.15) is 0 Å². The third kappa shape index (κ3) is 4.97. The SMILES string of the molecule is CCC(CC)NC(=O)C=Cc1cc(Cl)c(OC)c(OC)c1. The topological polar surface area (TPSA) is 47.6 Å². The minimum Gasteiger partial charge on any atom is -0.493 e. The molecule has 0 saturated carbocycles. The molecule has 0 saturated heterocycles.